The van der Waals surface area contributed by atoms with Crippen molar-refractivity contribution in [2.45, 2.75) is 31.8 Å². The van der Waals surface area contributed by atoms with Crippen molar-refractivity contribution in [2.24, 2.45) is 0 Å². The van der Waals surface area contributed by atoms with E-state index in [0.717, 1.165) is 5.56 Å². The lowest BCUT2D eigenvalue weighted by Gasteiger charge is -2.25. The molecular formula is C18H20N4OS. The minimum Gasteiger partial charge on any atom is -0.338 e. The third-order valence-electron chi connectivity index (χ3n) is 3.87. The van der Waals surface area contributed by atoms with Crippen molar-refractivity contribution in [1.82, 2.24) is 14.9 Å². The smallest absolute Gasteiger partial charge is 0.233 e. The van der Waals surface area contributed by atoms with Gasteiger partial charge in [-0.2, -0.15) is 5.26 Å². The maximum atomic E-state index is 12.5. The first kappa shape index (κ1) is 18.0. The van der Waals surface area contributed by atoms with Gasteiger partial charge in [-0.1, -0.05) is 42.1 Å². The van der Waals surface area contributed by atoms with Gasteiger partial charge in [-0.05, 0) is 26.3 Å². The molecule has 24 heavy (non-hydrogen) atoms. The predicted octanol–water partition coefficient (Wildman–Crippen LogP) is 3.28. The number of carbonyl (C=O) groups excluding carboxylic acids is 1. The molecule has 2 rings (SSSR count). The molecule has 0 saturated heterocycles. The van der Waals surface area contributed by atoms with E-state index in [4.69, 9.17) is 0 Å². The van der Waals surface area contributed by atoms with Crippen molar-refractivity contribution >= 4 is 17.7 Å². The van der Waals surface area contributed by atoms with Crippen LogP contribution >= 0.6 is 11.8 Å². The maximum Gasteiger partial charge on any atom is 0.233 e. The SMILES string of the molecule is Cc1nc(C)c(C#N)c(SCC(=O)N(C)C(C)c2ccccc2)n1. The highest BCUT2D eigenvalue weighted by Gasteiger charge is 2.19. The minimum absolute atomic E-state index is 0.00541. The van der Waals surface area contributed by atoms with Crippen molar-refractivity contribution in [3.8, 4) is 6.07 Å². The molecule has 1 atom stereocenters. The highest BCUT2D eigenvalue weighted by molar-refractivity contribution is 8.00. The van der Waals surface area contributed by atoms with Gasteiger partial charge in [0.25, 0.3) is 0 Å². The topological polar surface area (TPSA) is 69.9 Å². The summed E-state index contributed by atoms with van der Waals surface area (Å²) in [5.41, 5.74) is 2.17. The molecule has 0 aliphatic heterocycles. The third kappa shape index (κ3) is 4.12. The summed E-state index contributed by atoms with van der Waals surface area (Å²) < 4.78 is 0. The van der Waals surface area contributed by atoms with Crippen LogP contribution in [-0.2, 0) is 4.79 Å². The molecular weight excluding hydrogens is 320 g/mol. The lowest BCUT2D eigenvalue weighted by Crippen LogP contribution is -2.31. The zero-order valence-electron chi connectivity index (χ0n) is 14.3. The first-order chi connectivity index (χ1) is 11.4. The van der Waals surface area contributed by atoms with E-state index in [1.807, 2.05) is 37.3 Å². The molecule has 0 saturated carbocycles. The standard InChI is InChI=1S/C18H20N4OS/c1-12-16(10-19)18(21-14(3)20-12)24-11-17(23)22(4)13(2)15-8-6-5-7-9-15/h5-9,13H,11H2,1-4H3. The van der Waals surface area contributed by atoms with Crippen LogP contribution in [0.3, 0.4) is 0 Å². The maximum absolute atomic E-state index is 12.5. The summed E-state index contributed by atoms with van der Waals surface area (Å²) in [7, 11) is 1.79. The fourth-order valence-corrected chi connectivity index (χ4v) is 3.32. The van der Waals surface area contributed by atoms with Crippen LogP contribution < -0.4 is 0 Å². The van der Waals surface area contributed by atoms with Gasteiger partial charge in [-0.3, -0.25) is 4.79 Å². The molecule has 1 unspecified atom stereocenters. The Morgan fingerprint density at radius 3 is 2.58 bits per heavy atom. The summed E-state index contributed by atoms with van der Waals surface area (Å²) in [6.45, 7) is 5.56. The van der Waals surface area contributed by atoms with Crippen LogP contribution in [0.15, 0.2) is 35.4 Å². The van der Waals surface area contributed by atoms with Crippen molar-refractivity contribution in [1.29, 1.82) is 5.26 Å². The molecule has 0 bridgehead atoms. The molecule has 1 heterocycles. The fourth-order valence-electron chi connectivity index (χ4n) is 2.32. The highest BCUT2D eigenvalue weighted by atomic mass is 32.2. The molecule has 0 aliphatic rings. The zero-order chi connectivity index (χ0) is 17.7. The summed E-state index contributed by atoms with van der Waals surface area (Å²) in [5, 5.41) is 9.83. The number of hydrogen-bond donors (Lipinski definition) is 0. The molecule has 2 aromatic rings. The molecule has 6 heteroatoms. The molecule has 124 valence electrons. The van der Waals surface area contributed by atoms with Crippen LogP contribution in [0.1, 0.15) is 35.6 Å². The molecule has 1 aromatic heterocycles. The summed E-state index contributed by atoms with van der Waals surface area (Å²) in [5.74, 6) is 0.833. The van der Waals surface area contributed by atoms with Crippen LogP contribution in [0.5, 0.6) is 0 Å². The quantitative estimate of drug-likeness (QED) is 0.617. The Hall–Kier alpha value is -2.39. The van der Waals surface area contributed by atoms with Crippen LogP contribution in [0.2, 0.25) is 0 Å². The lowest BCUT2D eigenvalue weighted by molar-refractivity contribution is -0.128. The van der Waals surface area contributed by atoms with Gasteiger partial charge in [-0.25, -0.2) is 9.97 Å². The van der Waals surface area contributed by atoms with E-state index in [1.54, 1.807) is 25.8 Å². The van der Waals surface area contributed by atoms with E-state index in [2.05, 4.69) is 16.0 Å². The number of nitrogens with zero attached hydrogens (tertiary/aromatic N) is 4. The summed E-state index contributed by atoms with van der Waals surface area (Å²) in [6.07, 6.45) is 0. The molecule has 0 N–H and O–H groups in total. The largest absolute Gasteiger partial charge is 0.338 e. The predicted molar refractivity (Wildman–Crippen MR) is 94.6 cm³/mol. The van der Waals surface area contributed by atoms with Crippen molar-refractivity contribution < 1.29 is 4.79 Å². The first-order valence-electron chi connectivity index (χ1n) is 7.62. The molecule has 0 spiro atoms. The van der Waals surface area contributed by atoms with Crippen molar-refractivity contribution in [3.63, 3.8) is 0 Å². The van der Waals surface area contributed by atoms with E-state index in [-0.39, 0.29) is 17.7 Å². The lowest BCUT2D eigenvalue weighted by atomic mass is 10.1. The van der Waals surface area contributed by atoms with Gasteiger partial charge in [0.1, 0.15) is 22.5 Å². The fraction of sp³-hybridized carbons (Fsp3) is 0.333. The Labute approximate surface area is 146 Å². The van der Waals surface area contributed by atoms with Crippen LogP contribution in [0.25, 0.3) is 0 Å². The Bertz CT molecular complexity index is 771. The summed E-state index contributed by atoms with van der Waals surface area (Å²) >= 11 is 1.28. The van der Waals surface area contributed by atoms with E-state index >= 15 is 0 Å². The second kappa shape index (κ2) is 7.93. The molecule has 1 aromatic carbocycles. The van der Waals surface area contributed by atoms with Crippen LogP contribution in [0, 0.1) is 25.2 Å². The average Bonchev–Trinajstić information content (AvgIpc) is 2.58. The Kier molecular flexibility index (Phi) is 5.93. The van der Waals surface area contributed by atoms with Crippen LogP contribution in [-0.4, -0.2) is 33.6 Å². The second-order valence-corrected chi connectivity index (χ2v) is 6.49. The Morgan fingerprint density at radius 2 is 1.96 bits per heavy atom. The number of carbonyl (C=O) groups is 1. The molecule has 5 nitrogen and oxygen atoms in total. The van der Waals surface area contributed by atoms with Crippen molar-refractivity contribution in [3.05, 3.63) is 53.0 Å². The number of thioether (sulfide) groups is 1. The number of rotatable bonds is 5. The van der Waals surface area contributed by atoms with Gasteiger partial charge in [0.05, 0.1) is 17.5 Å². The Balaban J connectivity index is 2.07. The number of aromatic nitrogens is 2. The van der Waals surface area contributed by atoms with E-state index in [1.165, 1.54) is 11.8 Å². The molecule has 0 aliphatic carbocycles. The van der Waals surface area contributed by atoms with Crippen molar-refractivity contribution in [2.75, 3.05) is 12.8 Å². The average molecular weight is 340 g/mol. The van der Waals surface area contributed by atoms with E-state index < -0.39 is 0 Å². The first-order valence-corrected chi connectivity index (χ1v) is 8.61. The minimum atomic E-state index is -0.0105. The molecule has 0 fully saturated rings. The van der Waals surface area contributed by atoms with Gasteiger partial charge in [-0.15, -0.1) is 0 Å². The van der Waals surface area contributed by atoms with Gasteiger partial charge in [0, 0.05) is 7.05 Å². The zero-order valence-corrected chi connectivity index (χ0v) is 15.1. The van der Waals surface area contributed by atoms with Crippen LogP contribution in [0.4, 0.5) is 0 Å². The number of amides is 1. The second-order valence-electron chi connectivity index (χ2n) is 5.53. The van der Waals surface area contributed by atoms with Gasteiger partial charge >= 0.3 is 0 Å². The Morgan fingerprint density at radius 1 is 1.29 bits per heavy atom. The highest BCUT2D eigenvalue weighted by Crippen LogP contribution is 2.24. The van der Waals surface area contributed by atoms with Gasteiger partial charge in [0.2, 0.25) is 5.91 Å². The summed E-state index contributed by atoms with van der Waals surface area (Å²) in [6, 6.07) is 12.0. The van der Waals surface area contributed by atoms with E-state index in [9.17, 15) is 10.1 Å². The third-order valence-corrected chi connectivity index (χ3v) is 4.83. The normalized spacial score (nSPS) is 11.6. The number of aryl methyl sites for hydroxylation is 2. The molecule has 1 amide bonds. The molecule has 0 radical (unpaired) electrons. The van der Waals surface area contributed by atoms with E-state index in [0.29, 0.717) is 22.1 Å². The number of hydrogen-bond acceptors (Lipinski definition) is 5. The summed E-state index contributed by atoms with van der Waals surface area (Å²) in [4.78, 5) is 22.7. The van der Waals surface area contributed by atoms with Gasteiger partial charge in [0.15, 0.2) is 0 Å². The monoisotopic (exact) mass is 340 g/mol. The number of nitriles is 1. The van der Waals surface area contributed by atoms with Gasteiger partial charge < -0.3 is 4.90 Å². The number of benzene rings is 1.